The van der Waals surface area contributed by atoms with Gasteiger partial charge in [0.25, 0.3) is 0 Å². The topological polar surface area (TPSA) is 38.9 Å². The summed E-state index contributed by atoms with van der Waals surface area (Å²) in [6.45, 7) is 0. The molecule has 0 aliphatic carbocycles. The van der Waals surface area contributed by atoms with Gasteiger partial charge in [0.2, 0.25) is 0 Å². The average Bonchev–Trinajstić information content (AvgIpc) is 2.56. The minimum atomic E-state index is 0.807. The Kier molecular flexibility index (Phi) is 1.91. The highest BCUT2D eigenvalue weighted by Crippen LogP contribution is 2.20. The van der Waals surface area contributed by atoms with Crippen molar-refractivity contribution in [3.8, 4) is 11.1 Å². The minimum absolute atomic E-state index is 0.807. The zero-order valence-electron chi connectivity index (χ0n) is 6.07. The molecule has 60 valence electrons. The van der Waals surface area contributed by atoms with Crippen LogP contribution in [0.4, 0.5) is 0 Å². The summed E-state index contributed by atoms with van der Waals surface area (Å²) < 4.78 is 5.53. The van der Waals surface area contributed by atoms with Gasteiger partial charge in [0.15, 0.2) is 0 Å². The van der Waals surface area contributed by atoms with Gasteiger partial charge in [-0.15, -0.1) is 0 Å². The first-order chi connectivity index (χ1) is 5.86. The number of hydrogen-bond acceptors (Lipinski definition) is 3. The van der Waals surface area contributed by atoms with E-state index < -0.39 is 0 Å². The lowest BCUT2D eigenvalue weighted by atomic mass is 10.2. The smallest absolute Gasteiger partial charge is 0.131 e. The highest BCUT2D eigenvalue weighted by Gasteiger charge is 1.99. The lowest BCUT2D eigenvalue weighted by molar-refractivity contribution is 0.420. The second-order valence-electron chi connectivity index (χ2n) is 2.28. The summed E-state index contributed by atoms with van der Waals surface area (Å²) in [5.41, 5.74) is 2.00. The summed E-state index contributed by atoms with van der Waals surface area (Å²) in [7, 11) is 0. The van der Waals surface area contributed by atoms with E-state index in [1.807, 2.05) is 12.1 Å². The molecule has 0 saturated heterocycles. The molecule has 0 bridgehead atoms. The van der Waals surface area contributed by atoms with Crippen molar-refractivity contribution in [2.75, 3.05) is 0 Å². The van der Waals surface area contributed by atoms with Crippen LogP contribution in [-0.2, 0) is 0 Å². The van der Waals surface area contributed by atoms with E-state index >= 15 is 0 Å². The molecule has 2 rings (SSSR count). The maximum absolute atomic E-state index is 4.72. The number of halogens is 1. The molecule has 12 heavy (non-hydrogen) atoms. The van der Waals surface area contributed by atoms with E-state index in [1.165, 1.54) is 0 Å². The van der Waals surface area contributed by atoms with Crippen molar-refractivity contribution in [1.82, 2.24) is 10.1 Å². The Morgan fingerprint density at radius 3 is 2.92 bits per heavy atom. The summed E-state index contributed by atoms with van der Waals surface area (Å²) in [4.78, 5) is 4.02. The second-order valence-corrected chi connectivity index (χ2v) is 3.09. The van der Waals surface area contributed by atoms with Gasteiger partial charge < -0.3 is 4.52 Å². The molecule has 3 nitrogen and oxygen atoms in total. The summed E-state index contributed by atoms with van der Waals surface area (Å²) in [5, 5.41) is 3.62. The van der Waals surface area contributed by atoms with Gasteiger partial charge in [-0.2, -0.15) is 0 Å². The van der Waals surface area contributed by atoms with Crippen LogP contribution in [0.2, 0.25) is 0 Å². The van der Waals surface area contributed by atoms with Crippen LogP contribution in [0.3, 0.4) is 0 Å². The Bertz CT molecular complexity index is 372. The summed E-state index contributed by atoms with van der Waals surface area (Å²) in [5.74, 6) is 0. The van der Waals surface area contributed by atoms with Crippen LogP contribution in [0, 0.1) is 0 Å². The zero-order chi connectivity index (χ0) is 8.39. The van der Waals surface area contributed by atoms with Crippen LogP contribution >= 0.6 is 15.9 Å². The molecular weight excluding hydrogens is 220 g/mol. The SMILES string of the molecule is Brc1cc(-c2cnoc2)ccn1. The highest BCUT2D eigenvalue weighted by molar-refractivity contribution is 9.10. The van der Waals surface area contributed by atoms with Gasteiger partial charge in [-0.25, -0.2) is 4.98 Å². The predicted octanol–water partition coefficient (Wildman–Crippen LogP) is 2.50. The van der Waals surface area contributed by atoms with Crippen LogP contribution in [0.25, 0.3) is 11.1 Å². The monoisotopic (exact) mass is 224 g/mol. The van der Waals surface area contributed by atoms with E-state index in [0.29, 0.717) is 0 Å². The number of rotatable bonds is 1. The lowest BCUT2D eigenvalue weighted by Gasteiger charge is -1.94. The first-order valence-electron chi connectivity index (χ1n) is 3.37. The summed E-state index contributed by atoms with van der Waals surface area (Å²) >= 11 is 3.29. The van der Waals surface area contributed by atoms with Gasteiger partial charge in [-0.05, 0) is 33.6 Å². The Hall–Kier alpha value is -1.16. The molecule has 0 spiro atoms. The highest BCUT2D eigenvalue weighted by atomic mass is 79.9. The number of aromatic nitrogens is 2. The minimum Gasteiger partial charge on any atom is -0.364 e. The van der Waals surface area contributed by atoms with E-state index in [9.17, 15) is 0 Å². The van der Waals surface area contributed by atoms with Crippen molar-refractivity contribution < 1.29 is 4.52 Å². The zero-order valence-corrected chi connectivity index (χ0v) is 7.65. The molecule has 0 amide bonds. The van der Waals surface area contributed by atoms with E-state index in [-0.39, 0.29) is 0 Å². The largest absolute Gasteiger partial charge is 0.364 e. The molecule has 4 heteroatoms. The quantitative estimate of drug-likeness (QED) is 0.700. The van der Waals surface area contributed by atoms with Crippen LogP contribution in [0.5, 0.6) is 0 Å². The fourth-order valence-corrected chi connectivity index (χ4v) is 1.29. The Balaban J connectivity index is 2.48. The Labute approximate surface area is 77.5 Å². The lowest BCUT2D eigenvalue weighted by Crippen LogP contribution is -1.76. The third-order valence-corrected chi connectivity index (χ3v) is 1.93. The van der Waals surface area contributed by atoms with Gasteiger partial charge in [0.05, 0.1) is 6.20 Å². The molecule has 0 N–H and O–H groups in total. The second kappa shape index (κ2) is 3.06. The molecule has 0 radical (unpaired) electrons. The fourth-order valence-electron chi connectivity index (χ4n) is 0.929. The van der Waals surface area contributed by atoms with Gasteiger partial charge in [0, 0.05) is 11.8 Å². The molecule has 2 heterocycles. The van der Waals surface area contributed by atoms with Gasteiger partial charge in [0.1, 0.15) is 10.9 Å². The van der Waals surface area contributed by atoms with E-state index in [4.69, 9.17) is 4.52 Å². The molecule has 0 saturated carbocycles. The van der Waals surface area contributed by atoms with Gasteiger partial charge in [-0.1, -0.05) is 5.16 Å². The van der Waals surface area contributed by atoms with E-state index in [0.717, 1.165) is 15.7 Å². The van der Waals surface area contributed by atoms with Gasteiger partial charge >= 0.3 is 0 Å². The van der Waals surface area contributed by atoms with Crippen molar-refractivity contribution in [3.63, 3.8) is 0 Å². The Morgan fingerprint density at radius 2 is 2.25 bits per heavy atom. The number of nitrogens with zero attached hydrogens (tertiary/aromatic N) is 2. The first-order valence-corrected chi connectivity index (χ1v) is 4.17. The van der Waals surface area contributed by atoms with Crippen molar-refractivity contribution >= 4 is 15.9 Å². The van der Waals surface area contributed by atoms with Crippen LogP contribution < -0.4 is 0 Å². The summed E-state index contributed by atoms with van der Waals surface area (Å²) in [6, 6.07) is 3.81. The van der Waals surface area contributed by atoms with Gasteiger partial charge in [-0.3, -0.25) is 0 Å². The first kappa shape index (κ1) is 7.49. The molecule has 0 aliphatic rings. The van der Waals surface area contributed by atoms with E-state index in [1.54, 1.807) is 18.7 Å². The van der Waals surface area contributed by atoms with Crippen molar-refractivity contribution in [2.45, 2.75) is 0 Å². The third-order valence-electron chi connectivity index (χ3n) is 1.49. The summed E-state index contributed by atoms with van der Waals surface area (Å²) in [6.07, 6.45) is 5.00. The molecule has 2 aromatic heterocycles. The standard InChI is InChI=1S/C8H5BrN2O/c9-8-3-6(1-2-10-8)7-4-11-12-5-7/h1-5H. The molecular formula is C8H5BrN2O. The number of pyridine rings is 1. The fraction of sp³-hybridized carbons (Fsp3) is 0. The molecule has 0 fully saturated rings. The molecule has 0 unspecified atom stereocenters. The maximum atomic E-state index is 4.72. The maximum Gasteiger partial charge on any atom is 0.131 e. The van der Waals surface area contributed by atoms with Crippen molar-refractivity contribution in [2.24, 2.45) is 0 Å². The van der Waals surface area contributed by atoms with Crippen molar-refractivity contribution in [3.05, 3.63) is 35.4 Å². The third kappa shape index (κ3) is 1.38. The average molecular weight is 225 g/mol. The molecule has 0 aliphatic heterocycles. The normalized spacial score (nSPS) is 10.1. The number of hydrogen-bond donors (Lipinski definition) is 0. The molecule has 2 aromatic rings. The van der Waals surface area contributed by atoms with Crippen LogP contribution in [0.1, 0.15) is 0 Å². The molecule has 0 atom stereocenters. The molecule has 0 aromatic carbocycles. The van der Waals surface area contributed by atoms with Crippen LogP contribution in [0.15, 0.2) is 39.9 Å². The Morgan fingerprint density at radius 1 is 1.33 bits per heavy atom. The van der Waals surface area contributed by atoms with Crippen LogP contribution in [-0.4, -0.2) is 10.1 Å². The predicted molar refractivity (Wildman–Crippen MR) is 47.4 cm³/mol. The van der Waals surface area contributed by atoms with E-state index in [2.05, 4.69) is 26.1 Å². The van der Waals surface area contributed by atoms with Crippen molar-refractivity contribution in [1.29, 1.82) is 0 Å².